The Bertz CT molecular complexity index is 448. The van der Waals surface area contributed by atoms with Crippen LogP contribution in [-0.4, -0.2) is 44.4 Å². The minimum Gasteiger partial charge on any atom is -0.409 e. The molecule has 18 heavy (non-hydrogen) atoms. The first-order valence-electron chi connectivity index (χ1n) is 5.78. The molecule has 1 atom stereocenters. The summed E-state index contributed by atoms with van der Waals surface area (Å²) in [6.07, 6.45) is 6.94. The minimum atomic E-state index is -0.363. The molecule has 7 heteroatoms. The highest BCUT2D eigenvalue weighted by Crippen LogP contribution is 2.19. The van der Waals surface area contributed by atoms with E-state index in [1.54, 1.807) is 4.90 Å². The van der Waals surface area contributed by atoms with Crippen molar-refractivity contribution in [3.05, 3.63) is 24.3 Å². The Labute approximate surface area is 104 Å². The second kappa shape index (κ2) is 5.44. The quantitative estimate of drug-likeness (QED) is 0.337. The van der Waals surface area contributed by atoms with E-state index in [0.717, 1.165) is 12.8 Å². The molecule has 1 aromatic heterocycles. The van der Waals surface area contributed by atoms with Gasteiger partial charge in [0, 0.05) is 18.9 Å². The molecule has 1 aromatic rings. The van der Waals surface area contributed by atoms with Gasteiger partial charge in [-0.05, 0) is 19.3 Å². The SMILES string of the molecule is NC(=NO)C1CCCCN1C(=O)c1cnccn1. The molecule has 2 rings (SSSR count). The fourth-order valence-electron chi connectivity index (χ4n) is 2.11. The zero-order chi connectivity index (χ0) is 13.0. The largest absolute Gasteiger partial charge is 0.409 e. The topological polar surface area (TPSA) is 105 Å². The number of amides is 1. The van der Waals surface area contributed by atoms with Crippen molar-refractivity contribution in [2.45, 2.75) is 25.3 Å². The Hall–Kier alpha value is -2.18. The van der Waals surface area contributed by atoms with Crippen molar-refractivity contribution in [1.29, 1.82) is 0 Å². The molecule has 0 bridgehead atoms. The van der Waals surface area contributed by atoms with Gasteiger partial charge in [0.2, 0.25) is 0 Å². The van der Waals surface area contributed by atoms with Crippen LogP contribution in [0.4, 0.5) is 0 Å². The number of likely N-dealkylation sites (tertiary alicyclic amines) is 1. The monoisotopic (exact) mass is 249 g/mol. The van der Waals surface area contributed by atoms with Crippen molar-refractivity contribution < 1.29 is 10.0 Å². The van der Waals surface area contributed by atoms with Crippen LogP contribution in [-0.2, 0) is 0 Å². The summed E-state index contributed by atoms with van der Waals surface area (Å²) >= 11 is 0. The molecule has 0 spiro atoms. The van der Waals surface area contributed by atoms with Crippen LogP contribution >= 0.6 is 0 Å². The van der Waals surface area contributed by atoms with E-state index < -0.39 is 0 Å². The number of nitrogens with two attached hydrogens (primary N) is 1. The Morgan fingerprint density at radius 3 is 3.00 bits per heavy atom. The van der Waals surface area contributed by atoms with Crippen LogP contribution in [0, 0.1) is 0 Å². The molecule has 7 nitrogen and oxygen atoms in total. The highest BCUT2D eigenvalue weighted by molar-refractivity contribution is 5.96. The van der Waals surface area contributed by atoms with Crippen LogP contribution in [0.25, 0.3) is 0 Å². The highest BCUT2D eigenvalue weighted by atomic mass is 16.4. The molecule has 0 aliphatic carbocycles. The zero-order valence-corrected chi connectivity index (χ0v) is 9.86. The van der Waals surface area contributed by atoms with Crippen LogP contribution < -0.4 is 5.73 Å². The second-order valence-electron chi connectivity index (χ2n) is 4.13. The summed E-state index contributed by atoms with van der Waals surface area (Å²) in [5.41, 5.74) is 5.90. The van der Waals surface area contributed by atoms with Crippen LogP contribution in [0.5, 0.6) is 0 Å². The van der Waals surface area contributed by atoms with Gasteiger partial charge in [-0.1, -0.05) is 5.16 Å². The Kier molecular flexibility index (Phi) is 3.71. The van der Waals surface area contributed by atoms with Gasteiger partial charge in [0.25, 0.3) is 5.91 Å². The summed E-state index contributed by atoms with van der Waals surface area (Å²) in [5, 5.41) is 11.8. The maximum Gasteiger partial charge on any atom is 0.274 e. The smallest absolute Gasteiger partial charge is 0.274 e. The fourth-order valence-corrected chi connectivity index (χ4v) is 2.11. The van der Waals surface area contributed by atoms with Gasteiger partial charge in [-0.3, -0.25) is 9.78 Å². The number of carbonyl (C=O) groups excluding carboxylic acids is 1. The molecule has 1 aliphatic rings. The number of aromatic nitrogens is 2. The summed E-state index contributed by atoms with van der Waals surface area (Å²) < 4.78 is 0. The van der Waals surface area contributed by atoms with Gasteiger partial charge in [-0.25, -0.2) is 4.98 Å². The summed E-state index contributed by atoms with van der Waals surface area (Å²) in [6, 6.07) is -0.363. The van der Waals surface area contributed by atoms with E-state index in [4.69, 9.17) is 10.9 Å². The number of oxime groups is 1. The standard InChI is InChI=1S/C11H15N5O2/c12-10(15-18)9-3-1-2-6-16(9)11(17)8-7-13-4-5-14-8/h4-5,7,9,18H,1-3,6H2,(H2,12,15). The van der Waals surface area contributed by atoms with Gasteiger partial charge in [0.1, 0.15) is 5.69 Å². The first kappa shape index (κ1) is 12.3. The van der Waals surface area contributed by atoms with Gasteiger partial charge < -0.3 is 15.8 Å². The number of hydrogen-bond donors (Lipinski definition) is 2. The molecule has 1 aliphatic heterocycles. The van der Waals surface area contributed by atoms with Gasteiger partial charge >= 0.3 is 0 Å². The first-order valence-corrected chi connectivity index (χ1v) is 5.78. The minimum absolute atomic E-state index is 0.0620. The third-order valence-corrected chi connectivity index (χ3v) is 3.00. The van der Waals surface area contributed by atoms with Crippen molar-refractivity contribution >= 4 is 11.7 Å². The van der Waals surface area contributed by atoms with Crippen molar-refractivity contribution in [2.24, 2.45) is 10.9 Å². The lowest BCUT2D eigenvalue weighted by Gasteiger charge is -2.34. The van der Waals surface area contributed by atoms with Gasteiger partial charge in [-0.15, -0.1) is 0 Å². The second-order valence-corrected chi connectivity index (χ2v) is 4.13. The Morgan fingerprint density at radius 2 is 2.33 bits per heavy atom. The highest BCUT2D eigenvalue weighted by Gasteiger charge is 2.31. The number of nitrogens with zero attached hydrogens (tertiary/aromatic N) is 4. The van der Waals surface area contributed by atoms with E-state index in [-0.39, 0.29) is 23.5 Å². The lowest BCUT2D eigenvalue weighted by Crippen LogP contribution is -2.50. The molecule has 1 saturated heterocycles. The number of rotatable bonds is 2. The van der Waals surface area contributed by atoms with E-state index in [1.807, 2.05) is 0 Å². The normalized spacial score (nSPS) is 20.8. The predicted molar refractivity (Wildman–Crippen MR) is 64.1 cm³/mol. The van der Waals surface area contributed by atoms with E-state index in [9.17, 15) is 4.79 Å². The average Bonchev–Trinajstić information content (AvgIpc) is 2.46. The number of carbonyl (C=O) groups is 1. The Morgan fingerprint density at radius 1 is 1.50 bits per heavy atom. The maximum absolute atomic E-state index is 12.3. The molecule has 3 N–H and O–H groups in total. The molecular weight excluding hydrogens is 234 g/mol. The average molecular weight is 249 g/mol. The first-order chi connectivity index (χ1) is 8.74. The molecular formula is C11H15N5O2. The molecule has 1 fully saturated rings. The number of amidine groups is 1. The summed E-state index contributed by atoms with van der Waals surface area (Å²) in [4.78, 5) is 21.7. The fraction of sp³-hybridized carbons (Fsp3) is 0.455. The molecule has 0 radical (unpaired) electrons. The lowest BCUT2D eigenvalue weighted by molar-refractivity contribution is 0.0670. The van der Waals surface area contributed by atoms with E-state index in [2.05, 4.69) is 15.1 Å². The van der Waals surface area contributed by atoms with E-state index >= 15 is 0 Å². The maximum atomic E-state index is 12.3. The molecule has 1 amide bonds. The van der Waals surface area contributed by atoms with E-state index in [0.29, 0.717) is 13.0 Å². The summed E-state index contributed by atoms with van der Waals surface area (Å²) in [7, 11) is 0. The van der Waals surface area contributed by atoms with Crippen LogP contribution in [0.1, 0.15) is 29.8 Å². The summed E-state index contributed by atoms with van der Waals surface area (Å²) in [5.74, 6) is -0.175. The zero-order valence-electron chi connectivity index (χ0n) is 9.86. The predicted octanol–water partition coefficient (Wildman–Crippen LogP) is 0.218. The van der Waals surface area contributed by atoms with Gasteiger partial charge in [0.15, 0.2) is 5.84 Å². The number of piperidine rings is 1. The van der Waals surface area contributed by atoms with Crippen LogP contribution in [0.2, 0.25) is 0 Å². The van der Waals surface area contributed by atoms with Gasteiger partial charge in [-0.2, -0.15) is 0 Å². The molecule has 96 valence electrons. The Balaban J connectivity index is 2.22. The molecule has 0 aromatic carbocycles. The van der Waals surface area contributed by atoms with Gasteiger partial charge in [0.05, 0.1) is 12.2 Å². The van der Waals surface area contributed by atoms with Crippen molar-refractivity contribution in [3.63, 3.8) is 0 Å². The lowest BCUT2D eigenvalue weighted by atomic mass is 10.0. The van der Waals surface area contributed by atoms with Crippen LogP contribution in [0.15, 0.2) is 23.7 Å². The summed E-state index contributed by atoms with van der Waals surface area (Å²) in [6.45, 7) is 0.580. The third kappa shape index (κ3) is 2.39. The van der Waals surface area contributed by atoms with E-state index in [1.165, 1.54) is 18.6 Å². The molecule has 0 saturated carbocycles. The van der Waals surface area contributed by atoms with Crippen molar-refractivity contribution in [2.75, 3.05) is 6.54 Å². The van der Waals surface area contributed by atoms with Crippen molar-refractivity contribution in [1.82, 2.24) is 14.9 Å². The molecule has 1 unspecified atom stereocenters. The third-order valence-electron chi connectivity index (χ3n) is 3.00. The number of hydrogen-bond acceptors (Lipinski definition) is 5. The van der Waals surface area contributed by atoms with Crippen molar-refractivity contribution in [3.8, 4) is 0 Å². The molecule has 2 heterocycles. The van der Waals surface area contributed by atoms with Crippen LogP contribution in [0.3, 0.4) is 0 Å².